The summed E-state index contributed by atoms with van der Waals surface area (Å²) in [7, 11) is 0. The summed E-state index contributed by atoms with van der Waals surface area (Å²) in [5.74, 6) is 0. The van der Waals surface area contributed by atoms with Crippen LogP contribution in [-0.2, 0) is 6.54 Å². The van der Waals surface area contributed by atoms with Gasteiger partial charge in [0.25, 0.3) is 0 Å². The van der Waals surface area contributed by atoms with Crippen molar-refractivity contribution in [3.63, 3.8) is 0 Å². The van der Waals surface area contributed by atoms with Gasteiger partial charge in [-0.3, -0.25) is 0 Å². The molecule has 0 unspecified atom stereocenters. The molecule has 5 nitrogen and oxygen atoms in total. The van der Waals surface area contributed by atoms with E-state index in [2.05, 4.69) is 16.3 Å². The number of nitrogens with one attached hydrogen (secondary N) is 1. The molecule has 0 saturated heterocycles. The highest BCUT2D eigenvalue weighted by Gasteiger charge is 2.12. The van der Waals surface area contributed by atoms with Crippen LogP contribution in [0.3, 0.4) is 0 Å². The molecule has 25 heavy (non-hydrogen) atoms. The third-order valence-electron chi connectivity index (χ3n) is 3.93. The third kappa shape index (κ3) is 5.73. The van der Waals surface area contributed by atoms with Crippen molar-refractivity contribution in [1.82, 2.24) is 5.32 Å². The first-order valence-electron chi connectivity index (χ1n) is 8.11. The second-order valence-electron chi connectivity index (χ2n) is 5.69. The molecule has 2 aromatic carbocycles. The molecule has 0 aliphatic heterocycles. The van der Waals surface area contributed by atoms with Gasteiger partial charge in [-0.2, -0.15) is 5.26 Å². The van der Waals surface area contributed by atoms with Gasteiger partial charge in [-0.1, -0.05) is 29.8 Å². The zero-order valence-corrected chi connectivity index (χ0v) is 14.7. The lowest BCUT2D eigenvalue weighted by Crippen LogP contribution is -2.41. The Balaban J connectivity index is 2.15. The molecule has 0 atom stereocenters. The van der Waals surface area contributed by atoms with Crippen LogP contribution in [0.25, 0.3) is 0 Å². The molecule has 0 aromatic heterocycles. The molecular formula is C19H22ClN3O2. The third-order valence-corrected chi connectivity index (χ3v) is 4.16. The predicted octanol–water partition coefficient (Wildman–Crippen LogP) is 2.16. The van der Waals surface area contributed by atoms with Crippen LogP contribution in [0.15, 0.2) is 48.5 Å². The Bertz CT molecular complexity index is 700. The van der Waals surface area contributed by atoms with E-state index in [0.29, 0.717) is 30.2 Å². The van der Waals surface area contributed by atoms with Crippen molar-refractivity contribution >= 4 is 17.3 Å². The molecule has 0 aliphatic rings. The van der Waals surface area contributed by atoms with Gasteiger partial charge in [0.2, 0.25) is 0 Å². The maximum absolute atomic E-state index is 9.33. The predicted molar refractivity (Wildman–Crippen MR) is 99.6 cm³/mol. The van der Waals surface area contributed by atoms with Crippen LogP contribution in [0, 0.1) is 11.3 Å². The van der Waals surface area contributed by atoms with Crippen LogP contribution >= 0.6 is 11.6 Å². The number of aliphatic hydroxyl groups is 2. The number of para-hydroxylation sites is 1. The molecule has 0 bridgehead atoms. The fourth-order valence-electron chi connectivity index (χ4n) is 2.54. The lowest BCUT2D eigenvalue weighted by Gasteiger charge is -2.26. The average molecular weight is 360 g/mol. The molecule has 2 aromatic rings. The minimum absolute atomic E-state index is 0.116. The minimum Gasteiger partial charge on any atom is -0.395 e. The Morgan fingerprint density at radius 1 is 1.12 bits per heavy atom. The van der Waals surface area contributed by atoms with E-state index in [9.17, 15) is 5.26 Å². The smallest absolute Gasteiger partial charge is 0.0995 e. The lowest BCUT2D eigenvalue weighted by atomic mass is 10.1. The quantitative estimate of drug-likeness (QED) is 0.639. The zero-order chi connectivity index (χ0) is 18.1. The van der Waals surface area contributed by atoms with Crippen molar-refractivity contribution in [3.8, 4) is 6.07 Å². The normalized spacial score (nSPS) is 10.7. The van der Waals surface area contributed by atoms with Gasteiger partial charge in [-0.15, -0.1) is 0 Å². The number of hydrogen-bond acceptors (Lipinski definition) is 5. The van der Waals surface area contributed by atoms with Crippen molar-refractivity contribution < 1.29 is 10.2 Å². The molecule has 0 saturated carbocycles. The summed E-state index contributed by atoms with van der Waals surface area (Å²) in [6.45, 7) is 1.54. The van der Waals surface area contributed by atoms with Gasteiger partial charge in [-0.05, 0) is 35.9 Å². The number of halogens is 1. The Labute approximate surface area is 153 Å². The molecule has 0 spiro atoms. The van der Waals surface area contributed by atoms with E-state index < -0.39 is 0 Å². The van der Waals surface area contributed by atoms with E-state index in [4.69, 9.17) is 21.8 Å². The number of rotatable bonds is 9. The van der Waals surface area contributed by atoms with E-state index >= 15 is 0 Å². The molecule has 0 fully saturated rings. The Morgan fingerprint density at radius 2 is 1.84 bits per heavy atom. The van der Waals surface area contributed by atoms with Gasteiger partial charge >= 0.3 is 0 Å². The van der Waals surface area contributed by atoms with Crippen molar-refractivity contribution in [1.29, 1.82) is 5.26 Å². The van der Waals surface area contributed by atoms with Crippen molar-refractivity contribution in [3.05, 3.63) is 64.7 Å². The fraction of sp³-hybridized carbons (Fsp3) is 0.316. The second kappa shape index (κ2) is 10.0. The van der Waals surface area contributed by atoms with Crippen molar-refractivity contribution in [2.45, 2.75) is 12.6 Å². The zero-order valence-electron chi connectivity index (χ0n) is 13.9. The summed E-state index contributed by atoms with van der Waals surface area (Å²) in [4.78, 5) is 2.13. The maximum atomic E-state index is 9.33. The first-order chi connectivity index (χ1) is 12.2. The monoisotopic (exact) mass is 359 g/mol. The first kappa shape index (κ1) is 19.2. The maximum Gasteiger partial charge on any atom is 0.0995 e. The van der Waals surface area contributed by atoms with Crippen LogP contribution in [0.5, 0.6) is 0 Å². The van der Waals surface area contributed by atoms with Gasteiger partial charge < -0.3 is 20.4 Å². The molecule has 3 N–H and O–H groups in total. The Morgan fingerprint density at radius 3 is 2.48 bits per heavy atom. The summed E-state index contributed by atoms with van der Waals surface area (Å²) < 4.78 is 0. The van der Waals surface area contributed by atoms with Gasteiger partial charge in [0.15, 0.2) is 0 Å². The molecule has 132 valence electrons. The van der Waals surface area contributed by atoms with E-state index in [-0.39, 0.29) is 19.3 Å². The number of hydrogen-bond donors (Lipinski definition) is 3. The van der Waals surface area contributed by atoms with Crippen LogP contribution in [0.2, 0.25) is 5.02 Å². The summed E-state index contributed by atoms with van der Waals surface area (Å²) >= 11 is 6.09. The topological polar surface area (TPSA) is 79.5 Å². The molecule has 0 radical (unpaired) electrons. The molecule has 0 amide bonds. The minimum atomic E-state index is -0.335. The largest absolute Gasteiger partial charge is 0.395 e. The highest BCUT2D eigenvalue weighted by atomic mass is 35.5. The summed E-state index contributed by atoms with van der Waals surface area (Å²) in [6, 6.07) is 17.0. The second-order valence-corrected chi connectivity index (χ2v) is 6.12. The number of nitrogens with zero attached hydrogens (tertiary/aromatic N) is 2. The van der Waals surface area contributed by atoms with Crippen LogP contribution in [0.4, 0.5) is 5.69 Å². The van der Waals surface area contributed by atoms with Gasteiger partial charge in [-0.25, -0.2) is 0 Å². The molecular weight excluding hydrogens is 338 g/mol. The molecule has 0 aliphatic carbocycles. The molecule has 0 heterocycles. The summed E-state index contributed by atoms with van der Waals surface area (Å²) in [6.07, 6.45) is 0. The van der Waals surface area contributed by atoms with E-state index in [0.717, 1.165) is 11.3 Å². The first-order valence-corrected chi connectivity index (χ1v) is 8.49. The van der Waals surface area contributed by atoms with Crippen LogP contribution < -0.4 is 10.2 Å². The summed E-state index contributed by atoms with van der Waals surface area (Å²) in [5.41, 5.74) is 2.49. The standard InChI is InChI=1S/C19H22ClN3O2/c20-17-7-6-15(11-21)16(10-17)12-23(19-4-2-1-3-5-19)9-8-22-18(13-24)14-25/h1-7,10,18,22,24-25H,8-9,12-14H2. The van der Waals surface area contributed by atoms with E-state index in [1.54, 1.807) is 12.1 Å². The molecule has 2 rings (SSSR count). The molecule has 6 heteroatoms. The van der Waals surface area contributed by atoms with E-state index in [1.165, 1.54) is 0 Å². The Kier molecular flexibility index (Phi) is 7.71. The average Bonchev–Trinajstić information content (AvgIpc) is 2.65. The van der Waals surface area contributed by atoms with E-state index in [1.807, 2.05) is 36.4 Å². The Hall–Kier alpha value is -2.10. The number of anilines is 1. The SMILES string of the molecule is N#Cc1ccc(Cl)cc1CN(CCNC(CO)CO)c1ccccc1. The highest BCUT2D eigenvalue weighted by Crippen LogP contribution is 2.21. The number of nitriles is 1. The number of benzene rings is 2. The van der Waals surface area contributed by atoms with Gasteiger partial charge in [0, 0.05) is 30.3 Å². The van der Waals surface area contributed by atoms with Crippen LogP contribution in [-0.4, -0.2) is 42.6 Å². The summed E-state index contributed by atoms with van der Waals surface area (Å²) in [5, 5.41) is 31.3. The van der Waals surface area contributed by atoms with Gasteiger partial charge in [0.1, 0.15) is 0 Å². The number of aliphatic hydroxyl groups excluding tert-OH is 2. The lowest BCUT2D eigenvalue weighted by molar-refractivity contribution is 0.172. The van der Waals surface area contributed by atoms with Gasteiger partial charge in [0.05, 0.1) is 30.9 Å². The van der Waals surface area contributed by atoms with Crippen LogP contribution in [0.1, 0.15) is 11.1 Å². The van der Waals surface area contributed by atoms with Crippen molar-refractivity contribution in [2.24, 2.45) is 0 Å². The fourth-order valence-corrected chi connectivity index (χ4v) is 2.73. The van der Waals surface area contributed by atoms with Crippen molar-refractivity contribution in [2.75, 3.05) is 31.2 Å². The highest BCUT2D eigenvalue weighted by molar-refractivity contribution is 6.30.